The lowest BCUT2D eigenvalue weighted by Crippen LogP contribution is -2.41. The molecule has 0 saturated heterocycles. The molecule has 0 fully saturated rings. The Balaban J connectivity index is 2.86. The summed E-state index contributed by atoms with van der Waals surface area (Å²) in [5.41, 5.74) is 0. The summed E-state index contributed by atoms with van der Waals surface area (Å²) in [7, 11) is -3.37. The molecule has 8 nitrogen and oxygen atoms in total. The molecule has 9 heteroatoms. The van der Waals surface area contributed by atoms with Crippen molar-refractivity contribution in [2.45, 2.75) is 32.9 Å². The monoisotopic (exact) mass is 332 g/mol. The van der Waals surface area contributed by atoms with Gasteiger partial charge in [0, 0.05) is 6.04 Å². The van der Waals surface area contributed by atoms with Gasteiger partial charge in [0.25, 0.3) is 5.91 Å². The molecule has 0 aromatic carbocycles. The number of carbonyl (C=O) groups is 2. The van der Waals surface area contributed by atoms with Gasteiger partial charge in [-0.25, -0.2) is 13.1 Å². The van der Waals surface area contributed by atoms with Gasteiger partial charge < -0.3 is 14.4 Å². The molecule has 124 valence electrons. The highest BCUT2D eigenvalue weighted by Gasteiger charge is 2.25. The number of nitrogens with zero attached hydrogens (tertiary/aromatic N) is 1. The van der Waals surface area contributed by atoms with E-state index in [9.17, 15) is 18.0 Å². The minimum absolute atomic E-state index is 0.0214. The first-order chi connectivity index (χ1) is 10.1. The highest BCUT2D eigenvalue weighted by molar-refractivity contribution is 7.88. The first-order valence-electron chi connectivity index (χ1n) is 6.70. The molecule has 1 amide bonds. The van der Waals surface area contributed by atoms with E-state index < -0.39 is 28.4 Å². The highest BCUT2D eigenvalue weighted by atomic mass is 32.2. The Morgan fingerprint density at radius 1 is 1.41 bits per heavy atom. The van der Waals surface area contributed by atoms with Crippen LogP contribution in [0.25, 0.3) is 0 Å². The maximum atomic E-state index is 12.3. The first kappa shape index (κ1) is 18.2. The second-order valence-corrected chi connectivity index (χ2v) is 6.78. The molecule has 0 radical (unpaired) electrons. The Morgan fingerprint density at radius 2 is 2.05 bits per heavy atom. The minimum Gasteiger partial charge on any atom is -0.480 e. The predicted octanol–water partition coefficient (Wildman–Crippen LogP) is 0.654. The van der Waals surface area contributed by atoms with Gasteiger partial charge in [-0.1, -0.05) is 6.92 Å². The normalized spacial score (nSPS) is 12.9. The molecule has 0 saturated carbocycles. The number of amides is 1. The van der Waals surface area contributed by atoms with Gasteiger partial charge in [0.05, 0.1) is 12.8 Å². The van der Waals surface area contributed by atoms with Gasteiger partial charge in [-0.2, -0.15) is 0 Å². The summed E-state index contributed by atoms with van der Waals surface area (Å²) in [6, 6.07) is 2.62. The quantitative estimate of drug-likeness (QED) is 0.722. The Morgan fingerprint density at radius 3 is 2.55 bits per heavy atom. The van der Waals surface area contributed by atoms with Crippen LogP contribution in [-0.2, 0) is 21.4 Å². The maximum Gasteiger partial charge on any atom is 0.323 e. The Kier molecular flexibility index (Phi) is 6.12. The van der Waals surface area contributed by atoms with E-state index in [2.05, 4.69) is 4.72 Å². The molecule has 1 unspecified atom stereocenters. The van der Waals surface area contributed by atoms with Crippen LogP contribution in [-0.4, -0.2) is 49.1 Å². The molecule has 0 spiro atoms. The van der Waals surface area contributed by atoms with E-state index in [1.54, 1.807) is 6.92 Å². The molecule has 1 aromatic rings. The second kappa shape index (κ2) is 7.41. The van der Waals surface area contributed by atoms with Crippen molar-refractivity contribution in [2.24, 2.45) is 0 Å². The number of hydrogen-bond donors (Lipinski definition) is 2. The van der Waals surface area contributed by atoms with Crippen molar-refractivity contribution >= 4 is 21.9 Å². The predicted molar refractivity (Wildman–Crippen MR) is 78.8 cm³/mol. The summed E-state index contributed by atoms with van der Waals surface area (Å²) < 4.78 is 29.6. The van der Waals surface area contributed by atoms with E-state index in [1.165, 1.54) is 17.0 Å². The van der Waals surface area contributed by atoms with Gasteiger partial charge in [-0.05, 0) is 25.5 Å². The first-order valence-corrected chi connectivity index (χ1v) is 8.59. The van der Waals surface area contributed by atoms with Crippen LogP contribution < -0.4 is 4.72 Å². The summed E-state index contributed by atoms with van der Waals surface area (Å²) in [6.07, 6.45) is 1.61. The number of carboxylic acids is 1. The molecular weight excluding hydrogens is 312 g/mol. The Labute approximate surface area is 129 Å². The SMILES string of the molecule is CCC(C)N(CC(=O)O)C(=O)c1ccc(CNS(C)(=O)=O)o1. The number of aliphatic carboxylic acids is 1. The van der Waals surface area contributed by atoms with Crippen molar-refractivity contribution in [1.29, 1.82) is 0 Å². The topological polar surface area (TPSA) is 117 Å². The van der Waals surface area contributed by atoms with E-state index in [1.807, 2.05) is 6.92 Å². The second-order valence-electron chi connectivity index (χ2n) is 4.94. The van der Waals surface area contributed by atoms with Gasteiger partial charge in [0.15, 0.2) is 5.76 Å². The number of hydrogen-bond acceptors (Lipinski definition) is 5. The van der Waals surface area contributed by atoms with Crippen molar-refractivity contribution in [3.63, 3.8) is 0 Å². The molecule has 1 rings (SSSR count). The largest absolute Gasteiger partial charge is 0.480 e. The van der Waals surface area contributed by atoms with Gasteiger partial charge in [-0.3, -0.25) is 9.59 Å². The zero-order valence-electron chi connectivity index (χ0n) is 12.7. The molecule has 1 atom stereocenters. The van der Waals surface area contributed by atoms with Crippen molar-refractivity contribution in [3.8, 4) is 0 Å². The third kappa shape index (κ3) is 5.49. The lowest BCUT2D eigenvalue weighted by Gasteiger charge is -2.25. The zero-order chi connectivity index (χ0) is 16.9. The number of nitrogens with one attached hydrogen (secondary N) is 1. The Bertz CT molecular complexity index is 637. The van der Waals surface area contributed by atoms with Crippen LogP contribution in [0.2, 0.25) is 0 Å². The fraction of sp³-hybridized carbons (Fsp3) is 0.538. The highest BCUT2D eigenvalue weighted by Crippen LogP contribution is 2.14. The molecule has 2 N–H and O–H groups in total. The number of carbonyl (C=O) groups excluding carboxylic acids is 1. The average Bonchev–Trinajstić information content (AvgIpc) is 2.89. The molecule has 22 heavy (non-hydrogen) atoms. The number of rotatable bonds is 8. The molecule has 1 aromatic heterocycles. The van der Waals surface area contributed by atoms with Crippen LogP contribution in [0.3, 0.4) is 0 Å². The van der Waals surface area contributed by atoms with Crippen LogP contribution in [0, 0.1) is 0 Å². The minimum atomic E-state index is -3.37. The standard InChI is InChI=1S/C13H20N2O6S/c1-4-9(2)15(8-12(16)17)13(18)11-6-5-10(21-11)7-14-22(3,19)20/h5-6,9,14H,4,7-8H2,1-3H3,(H,16,17). The fourth-order valence-corrected chi connectivity index (χ4v) is 2.13. The third-order valence-electron chi connectivity index (χ3n) is 3.07. The van der Waals surface area contributed by atoms with Crippen LogP contribution >= 0.6 is 0 Å². The van der Waals surface area contributed by atoms with Gasteiger partial charge >= 0.3 is 5.97 Å². The van der Waals surface area contributed by atoms with E-state index in [-0.39, 0.29) is 24.1 Å². The van der Waals surface area contributed by atoms with Gasteiger partial charge in [0.1, 0.15) is 12.3 Å². The molecule has 0 bridgehead atoms. The van der Waals surface area contributed by atoms with Crippen LogP contribution in [0.4, 0.5) is 0 Å². The van der Waals surface area contributed by atoms with Crippen LogP contribution in [0.1, 0.15) is 36.6 Å². The molecule has 1 heterocycles. The van der Waals surface area contributed by atoms with Crippen molar-refractivity contribution in [1.82, 2.24) is 9.62 Å². The van der Waals surface area contributed by atoms with Crippen molar-refractivity contribution in [3.05, 3.63) is 23.7 Å². The molecule has 0 aliphatic rings. The third-order valence-corrected chi connectivity index (χ3v) is 3.74. The summed E-state index contributed by atoms with van der Waals surface area (Å²) in [4.78, 5) is 24.4. The Hall–Kier alpha value is -1.87. The molecular formula is C13H20N2O6S. The maximum absolute atomic E-state index is 12.3. The fourth-order valence-electron chi connectivity index (χ4n) is 1.73. The van der Waals surface area contributed by atoms with E-state index >= 15 is 0 Å². The molecule has 0 aliphatic carbocycles. The van der Waals surface area contributed by atoms with E-state index in [0.29, 0.717) is 6.42 Å². The summed E-state index contributed by atoms with van der Waals surface area (Å²) in [5.74, 6) is -1.40. The van der Waals surface area contributed by atoms with E-state index in [4.69, 9.17) is 9.52 Å². The van der Waals surface area contributed by atoms with Crippen molar-refractivity contribution < 1.29 is 27.5 Å². The zero-order valence-corrected chi connectivity index (χ0v) is 13.5. The lowest BCUT2D eigenvalue weighted by atomic mass is 10.2. The molecule has 0 aliphatic heterocycles. The number of sulfonamides is 1. The average molecular weight is 332 g/mol. The van der Waals surface area contributed by atoms with Gasteiger partial charge in [0.2, 0.25) is 10.0 Å². The smallest absolute Gasteiger partial charge is 0.323 e. The van der Waals surface area contributed by atoms with Gasteiger partial charge in [-0.15, -0.1) is 0 Å². The lowest BCUT2D eigenvalue weighted by molar-refractivity contribution is -0.138. The number of carboxylic acid groups (broad SMARTS) is 1. The van der Waals surface area contributed by atoms with Crippen LogP contribution in [0.15, 0.2) is 16.5 Å². The van der Waals surface area contributed by atoms with Crippen LogP contribution in [0.5, 0.6) is 0 Å². The number of furan rings is 1. The summed E-state index contributed by atoms with van der Waals surface area (Å²) in [5, 5.41) is 8.90. The van der Waals surface area contributed by atoms with E-state index in [0.717, 1.165) is 6.26 Å². The summed E-state index contributed by atoms with van der Waals surface area (Å²) in [6.45, 7) is 3.09. The van der Waals surface area contributed by atoms with Crippen molar-refractivity contribution in [2.75, 3.05) is 12.8 Å². The summed E-state index contributed by atoms with van der Waals surface area (Å²) >= 11 is 0.